The van der Waals surface area contributed by atoms with Crippen molar-refractivity contribution in [3.8, 4) is 5.75 Å². The molecule has 29 heavy (non-hydrogen) atoms. The first-order valence-electron chi connectivity index (χ1n) is 8.70. The first-order valence-corrected chi connectivity index (χ1v) is 10.5. The molecule has 0 saturated carbocycles. The van der Waals surface area contributed by atoms with E-state index in [-0.39, 0.29) is 17.2 Å². The zero-order valence-corrected chi connectivity index (χ0v) is 16.5. The van der Waals surface area contributed by atoms with Crippen LogP contribution in [-0.4, -0.2) is 72.4 Å². The number of aromatic hydroxyl groups is 1. The molecule has 0 unspecified atom stereocenters. The number of anilines is 4. The smallest absolute Gasteiger partial charge is 0.211 e. The van der Waals surface area contributed by atoms with Gasteiger partial charge < -0.3 is 10.0 Å². The molecule has 0 amide bonds. The highest BCUT2D eigenvalue weighted by molar-refractivity contribution is 7.88. The molecule has 10 nitrogen and oxygen atoms in total. The summed E-state index contributed by atoms with van der Waals surface area (Å²) in [6.45, 7) is 1.64. The second kappa shape index (κ2) is 6.93. The van der Waals surface area contributed by atoms with E-state index in [1.165, 1.54) is 33.1 Å². The third-order valence-electron chi connectivity index (χ3n) is 4.84. The number of hydrogen-bond acceptors (Lipinski definition) is 9. The molecule has 1 fully saturated rings. The molecule has 0 atom stereocenters. The van der Waals surface area contributed by atoms with Gasteiger partial charge in [0.1, 0.15) is 11.5 Å². The predicted molar refractivity (Wildman–Crippen MR) is 102 cm³/mol. The van der Waals surface area contributed by atoms with E-state index in [9.17, 15) is 22.3 Å². The fourth-order valence-electron chi connectivity index (χ4n) is 3.37. The third kappa shape index (κ3) is 3.41. The van der Waals surface area contributed by atoms with Crippen molar-refractivity contribution in [1.29, 1.82) is 0 Å². The summed E-state index contributed by atoms with van der Waals surface area (Å²) in [6.07, 6.45) is 4.10. The van der Waals surface area contributed by atoms with Crippen LogP contribution in [-0.2, 0) is 10.0 Å². The summed E-state index contributed by atoms with van der Waals surface area (Å²) in [5.74, 6) is -2.45. The number of hydrazine groups is 2. The number of halogens is 2. The van der Waals surface area contributed by atoms with E-state index in [4.69, 9.17) is 0 Å². The maximum atomic E-state index is 14.5. The van der Waals surface area contributed by atoms with Gasteiger partial charge in [-0.1, -0.05) is 0 Å². The molecular weight excluding hydrogens is 408 g/mol. The van der Waals surface area contributed by atoms with Gasteiger partial charge in [0.05, 0.1) is 24.3 Å². The van der Waals surface area contributed by atoms with Crippen molar-refractivity contribution < 1.29 is 22.3 Å². The van der Waals surface area contributed by atoms with E-state index < -0.39 is 27.4 Å². The summed E-state index contributed by atoms with van der Waals surface area (Å²) in [4.78, 5) is 10.6. The summed E-state index contributed by atoms with van der Waals surface area (Å²) in [5, 5.41) is 12.3. The van der Waals surface area contributed by atoms with Crippen molar-refractivity contribution in [2.75, 3.05) is 54.8 Å². The van der Waals surface area contributed by atoms with E-state index in [1.807, 2.05) is 4.90 Å². The normalized spacial score (nSPS) is 18.1. The Morgan fingerprint density at radius 2 is 1.72 bits per heavy atom. The average Bonchev–Trinajstić information content (AvgIpc) is 3.01. The highest BCUT2D eigenvalue weighted by Crippen LogP contribution is 2.43. The first-order chi connectivity index (χ1) is 13.7. The molecular formula is C16H19F2N7O3S. The fraction of sp³-hybridized carbons (Fsp3) is 0.375. The summed E-state index contributed by atoms with van der Waals surface area (Å²) in [6, 6.07) is 0.993. The van der Waals surface area contributed by atoms with E-state index in [2.05, 4.69) is 15.4 Å². The molecule has 3 heterocycles. The largest absolute Gasteiger partial charge is 0.503 e. The van der Waals surface area contributed by atoms with Crippen LogP contribution in [0.25, 0.3) is 0 Å². The molecule has 2 aliphatic heterocycles. The lowest BCUT2D eigenvalue weighted by molar-refractivity contribution is 0.386. The van der Waals surface area contributed by atoms with Crippen molar-refractivity contribution in [3.63, 3.8) is 0 Å². The second-order valence-corrected chi connectivity index (χ2v) is 8.73. The Kier molecular flexibility index (Phi) is 4.67. The number of benzene rings is 1. The molecule has 0 aliphatic carbocycles. The quantitative estimate of drug-likeness (QED) is 0.690. The number of nitrogens with one attached hydrogen (secondary N) is 1. The van der Waals surface area contributed by atoms with Crippen LogP contribution in [0.1, 0.15) is 0 Å². The topological polar surface area (TPSA) is 105 Å². The molecule has 13 heteroatoms. The molecule has 1 aromatic heterocycles. The first kappa shape index (κ1) is 19.5. The Balaban J connectivity index is 1.56. The van der Waals surface area contributed by atoms with Gasteiger partial charge in [-0.3, -0.25) is 5.43 Å². The average molecular weight is 427 g/mol. The molecule has 1 aromatic carbocycles. The summed E-state index contributed by atoms with van der Waals surface area (Å²) in [7, 11) is -1.65. The lowest BCUT2D eigenvalue weighted by atomic mass is 10.2. The fourth-order valence-corrected chi connectivity index (χ4v) is 4.20. The minimum Gasteiger partial charge on any atom is -0.503 e. The number of piperazine rings is 1. The van der Waals surface area contributed by atoms with Crippen LogP contribution in [0.15, 0.2) is 18.5 Å². The zero-order valence-electron chi connectivity index (χ0n) is 15.7. The van der Waals surface area contributed by atoms with Gasteiger partial charge in [0, 0.05) is 39.3 Å². The van der Waals surface area contributed by atoms with E-state index in [0.29, 0.717) is 32.0 Å². The number of phenolic OH excluding ortho intramolecular Hbond substituents is 1. The number of aromatic nitrogens is 2. The Hall–Kier alpha value is -2.77. The molecule has 4 rings (SSSR count). The van der Waals surface area contributed by atoms with Crippen molar-refractivity contribution in [1.82, 2.24) is 19.4 Å². The van der Waals surface area contributed by atoms with Crippen molar-refractivity contribution >= 4 is 33.0 Å². The number of fused-ring (bicyclic) bond motifs is 1. The lowest BCUT2D eigenvalue weighted by Gasteiger charge is -2.34. The van der Waals surface area contributed by atoms with Crippen LogP contribution in [0.3, 0.4) is 0 Å². The molecule has 2 aliphatic rings. The van der Waals surface area contributed by atoms with Gasteiger partial charge in [0.25, 0.3) is 0 Å². The van der Waals surface area contributed by atoms with Gasteiger partial charge >= 0.3 is 0 Å². The Morgan fingerprint density at radius 3 is 2.31 bits per heavy atom. The number of rotatable bonds is 3. The second-order valence-electron chi connectivity index (χ2n) is 6.75. The molecule has 0 spiro atoms. The van der Waals surface area contributed by atoms with Crippen LogP contribution >= 0.6 is 0 Å². The maximum Gasteiger partial charge on any atom is 0.211 e. The molecule has 0 radical (unpaired) electrons. The highest BCUT2D eigenvalue weighted by Gasteiger charge is 2.33. The number of nitrogens with zero attached hydrogens (tertiary/aromatic N) is 6. The Bertz CT molecular complexity index is 1040. The predicted octanol–water partition coefficient (Wildman–Crippen LogP) is 0.867. The number of sulfonamides is 1. The van der Waals surface area contributed by atoms with Gasteiger partial charge in [-0.15, -0.1) is 5.12 Å². The summed E-state index contributed by atoms with van der Waals surface area (Å²) >= 11 is 0. The minimum absolute atomic E-state index is 0.0739. The minimum atomic E-state index is -3.23. The van der Waals surface area contributed by atoms with Gasteiger partial charge in [-0.2, -0.15) is 4.31 Å². The lowest BCUT2D eigenvalue weighted by Crippen LogP contribution is -2.48. The van der Waals surface area contributed by atoms with Gasteiger partial charge in [-0.25, -0.2) is 32.2 Å². The van der Waals surface area contributed by atoms with Crippen LogP contribution in [0.4, 0.5) is 31.8 Å². The van der Waals surface area contributed by atoms with Crippen molar-refractivity contribution in [3.05, 3.63) is 30.1 Å². The Morgan fingerprint density at radius 1 is 1.10 bits per heavy atom. The Labute approximate surface area is 166 Å². The molecule has 0 bridgehead atoms. The summed E-state index contributed by atoms with van der Waals surface area (Å²) in [5.41, 5.74) is 2.85. The molecule has 1 saturated heterocycles. The number of hydrogen-bond donors (Lipinski definition) is 2. The number of phenols is 1. The van der Waals surface area contributed by atoms with E-state index in [0.717, 1.165) is 6.07 Å². The highest BCUT2D eigenvalue weighted by atomic mass is 32.2. The monoisotopic (exact) mass is 427 g/mol. The van der Waals surface area contributed by atoms with E-state index in [1.54, 1.807) is 7.05 Å². The zero-order chi connectivity index (χ0) is 20.9. The van der Waals surface area contributed by atoms with Crippen LogP contribution in [0, 0.1) is 11.6 Å². The molecule has 2 N–H and O–H groups in total. The van der Waals surface area contributed by atoms with Crippen molar-refractivity contribution in [2.24, 2.45) is 0 Å². The standard InChI is InChI=1S/C16H19F2N7O3S/c1-22-21-11-7-10(17)16(26)14(18)15(11)25(22)13-9-19-12(8-20-13)23-3-5-24(6-4-23)29(2,27)28/h7-9,21,26H,3-6H2,1-2H3. The van der Waals surface area contributed by atoms with Crippen LogP contribution in [0.5, 0.6) is 5.75 Å². The van der Waals surface area contributed by atoms with Gasteiger partial charge in [-0.05, 0) is 0 Å². The molecule has 2 aromatic rings. The van der Waals surface area contributed by atoms with Crippen LogP contribution < -0.4 is 15.3 Å². The van der Waals surface area contributed by atoms with Gasteiger partial charge in [0.2, 0.25) is 10.0 Å². The third-order valence-corrected chi connectivity index (χ3v) is 6.14. The SMILES string of the molecule is CN1Nc2cc(F)c(O)c(F)c2N1c1cnc(N2CCN(S(C)(=O)=O)CC2)cn1. The van der Waals surface area contributed by atoms with Gasteiger partial charge in [0.15, 0.2) is 23.2 Å². The maximum absolute atomic E-state index is 14.5. The van der Waals surface area contributed by atoms with Crippen LogP contribution in [0.2, 0.25) is 0 Å². The van der Waals surface area contributed by atoms with E-state index >= 15 is 0 Å². The summed E-state index contributed by atoms with van der Waals surface area (Å²) < 4.78 is 52.7. The molecule has 156 valence electrons. The van der Waals surface area contributed by atoms with Crippen molar-refractivity contribution in [2.45, 2.75) is 0 Å².